The summed E-state index contributed by atoms with van der Waals surface area (Å²) in [6.07, 6.45) is 0.979. The summed E-state index contributed by atoms with van der Waals surface area (Å²) >= 11 is 0. The van der Waals surface area contributed by atoms with Crippen LogP contribution in [0, 0.1) is 5.92 Å². The Hall–Kier alpha value is -0.860. The Morgan fingerprint density at radius 2 is 1.50 bits per heavy atom. The second-order valence-corrected chi connectivity index (χ2v) is 4.90. The van der Waals surface area contributed by atoms with E-state index in [0.29, 0.717) is 18.4 Å². The molecule has 0 radical (unpaired) electrons. The van der Waals surface area contributed by atoms with Crippen LogP contribution in [0.2, 0.25) is 0 Å². The minimum Gasteiger partial charge on any atom is -0.330 e. The third-order valence-electron chi connectivity index (χ3n) is 3.22. The van der Waals surface area contributed by atoms with Gasteiger partial charge in [0.2, 0.25) is 0 Å². The summed E-state index contributed by atoms with van der Waals surface area (Å²) < 4.78 is 0. The molecule has 0 aliphatic rings. The second kappa shape index (κ2) is 6.02. The minimum absolute atomic E-state index is 0.102. The van der Waals surface area contributed by atoms with Crippen molar-refractivity contribution in [1.29, 1.82) is 0 Å². The topological polar surface area (TPSA) is 52.0 Å². The van der Waals surface area contributed by atoms with Gasteiger partial charge in [-0.05, 0) is 35.9 Å². The van der Waals surface area contributed by atoms with Crippen LogP contribution in [0.5, 0.6) is 0 Å². The monoisotopic (exact) mass is 220 g/mol. The van der Waals surface area contributed by atoms with Crippen LogP contribution in [0.4, 0.5) is 0 Å². The summed E-state index contributed by atoms with van der Waals surface area (Å²) in [5.74, 6) is 1.02. The van der Waals surface area contributed by atoms with Crippen molar-refractivity contribution in [2.75, 3.05) is 6.54 Å². The largest absolute Gasteiger partial charge is 0.330 e. The van der Waals surface area contributed by atoms with Gasteiger partial charge in [0, 0.05) is 6.04 Å². The summed E-state index contributed by atoms with van der Waals surface area (Å²) in [5, 5.41) is 0. The zero-order valence-corrected chi connectivity index (χ0v) is 10.6. The molecule has 2 atom stereocenters. The number of nitrogens with two attached hydrogens (primary N) is 2. The van der Waals surface area contributed by atoms with Crippen LogP contribution in [-0.2, 0) is 0 Å². The fourth-order valence-electron chi connectivity index (χ4n) is 1.87. The Morgan fingerprint density at radius 3 is 1.94 bits per heavy atom. The smallest absolute Gasteiger partial charge is 0.0321 e. The fourth-order valence-corrected chi connectivity index (χ4v) is 1.87. The molecule has 90 valence electrons. The normalized spacial score (nSPS) is 15.1. The zero-order chi connectivity index (χ0) is 12.1. The van der Waals surface area contributed by atoms with Crippen LogP contribution in [0.15, 0.2) is 24.3 Å². The van der Waals surface area contributed by atoms with E-state index in [1.165, 1.54) is 11.1 Å². The highest BCUT2D eigenvalue weighted by atomic mass is 14.7. The molecule has 1 rings (SSSR count). The number of benzene rings is 1. The van der Waals surface area contributed by atoms with Crippen LogP contribution in [0.3, 0.4) is 0 Å². The molecular formula is C14H24N2. The first-order chi connectivity index (χ1) is 7.56. The molecule has 0 heterocycles. The van der Waals surface area contributed by atoms with Gasteiger partial charge in [-0.25, -0.2) is 0 Å². The lowest BCUT2D eigenvalue weighted by molar-refractivity contribution is 0.444. The molecule has 2 unspecified atom stereocenters. The lowest BCUT2D eigenvalue weighted by Gasteiger charge is -2.20. The number of hydrogen-bond acceptors (Lipinski definition) is 2. The summed E-state index contributed by atoms with van der Waals surface area (Å²) in [6, 6.07) is 8.74. The number of hydrogen-bond donors (Lipinski definition) is 2. The maximum atomic E-state index is 6.20. The van der Waals surface area contributed by atoms with Gasteiger partial charge in [0.05, 0.1) is 0 Å². The zero-order valence-electron chi connectivity index (χ0n) is 10.6. The van der Waals surface area contributed by atoms with Crippen molar-refractivity contribution in [1.82, 2.24) is 0 Å². The van der Waals surface area contributed by atoms with E-state index in [4.69, 9.17) is 11.5 Å². The Labute approximate surface area is 99.0 Å². The quantitative estimate of drug-likeness (QED) is 0.801. The van der Waals surface area contributed by atoms with Crippen LogP contribution in [-0.4, -0.2) is 6.54 Å². The van der Waals surface area contributed by atoms with Gasteiger partial charge >= 0.3 is 0 Å². The molecule has 0 saturated heterocycles. The summed E-state index contributed by atoms with van der Waals surface area (Å²) in [5.41, 5.74) is 14.3. The minimum atomic E-state index is 0.102. The van der Waals surface area contributed by atoms with E-state index in [9.17, 15) is 0 Å². The Bertz CT molecular complexity index is 303. The Kier molecular flexibility index (Phi) is 4.97. The lowest BCUT2D eigenvalue weighted by atomic mass is 9.91. The third-order valence-corrected chi connectivity index (χ3v) is 3.22. The molecule has 0 amide bonds. The van der Waals surface area contributed by atoms with Gasteiger partial charge in [-0.15, -0.1) is 0 Å². The standard InChI is InChI=1S/C14H24N2/c1-10(2)12-4-6-13(7-5-12)14(16)11(3)8-9-15/h4-7,10-11,14H,8-9,15-16H2,1-3H3. The van der Waals surface area contributed by atoms with Gasteiger partial charge in [0.1, 0.15) is 0 Å². The third kappa shape index (κ3) is 3.32. The predicted molar refractivity (Wildman–Crippen MR) is 70.3 cm³/mol. The molecule has 16 heavy (non-hydrogen) atoms. The van der Waals surface area contributed by atoms with Gasteiger partial charge in [-0.2, -0.15) is 0 Å². The first kappa shape index (κ1) is 13.2. The highest BCUT2D eigenvalue weighted by Gasteiger charge is 2.14. The molecule has 0 spiro atoms. The number of rotatable bonds is 5. The van der Waals surface area contributed by atoms with Crippen LogP contribution in [0.1, 0.15) is 50.3 Å². The Morgan fingerprint density at radius 1 is 1.00 bits per heavy atom. The molecule has 0 aliphatic heterocycles. The second-order valence-electron chi connectivity index (χ2n) is 4.90. The van der Waals surface area contributed by atoms with Crippen LogP contribution in [0.25, 0.3) is 0 Å². The van der Waals surface area contributed by atoms with Crippen LogP contribution >= 0.6 is 0 Å². The van der Waals surface area contributed by atoms with Crippen LogP contribution < -0.4 is 11.5 Å². The molecule has 4 N–H and O–H groups in total. The van der Waals surface area contributed by atoms with E-state index in [2.05, 4.69) is 45.0 Å². The van der Waals surface area contributed by atoms with E-state index in [1.54, 1.807) is 0 Å². The Balaban J connectivity index is 2.73. The molecule has 0 bridgehead atoms. The molecular weight excluding hydrogens is 196 g/mol. The predicted octanol–water partition coefficient (Wildman–Crippen LogP) is 2.79. The molecule has 0 aliphatic carbocycles. The molecule has 2 heteroatoms. The van der Waals surface area contributed by atoms with Gasteiger partial charge in [-0.1, -0.05) is 45.0 Å². The van der Waals surface area contributed by atoms with Gasteiger partial charge in [0.25, 0.3) is 0 Å². The van der Waals surface area contributed by atoms with E-state index in [0.717, 1.165) is 6.42 Å². The van der Waals surface area contributed by atoms with Crippen molar-refractivity contribution in [3.8, 4) is 0 Å². The average molecular weight is 220 g/mol. The van der Waals surface area contributed by atoms with Gasteiger partial charge < -0.3 is 11.5 Å². The first-order valence-electron chi connectivity index (χ1n) is 6.11. The maximum absolute atomic E-state index is 6.20. The molecule has 1 aromatic rings. The maximum Gasteiger partial charge on any atom is 0.0321 e. The van der Waals surface area contributed by atoms with Crippen molar-refractivity contribution in [3.05, 3.63) is 35.4 Å². The van der Waals surface area contributed by atoms with Crippen molar-refractivity contribution in [3.63, 3.8) is 0 Å². The molecule has 1 aromatic carbocycles. The van der Waals surface area contributed by atoms with E-state index < -0.39 is 0 Å². The highest BCUT2D eigenvalue weighted by Crippen LogP contribution is 2.23. The molecule has 0 aromatic heterocycles. The van der Waals surface area contributed by atoms with Gasteiger partial charge in [-0.3, -0.25) is 0 Å². The van der Waals surface area contributed by atoms with Crippen molar-refractivity contribution in [2.24, 2.45) is 17.4 Å². The molecule has 2 nitrogen and oxygen atoms in total. The molecule has 0 saturated carbocycles. The average Bonchev–Trinajstić information content (AvgIpc) is 2.28. The van der Waals surface area contributed by atoms with E-state index >= 15 is 0 Å². The highest BCUT2D eigenvalue weighted by molar-refractivity contribution is 5.26. The van der Waals surface area contributed by atoms with E-state index in [1.807, 2.05) is 0 Å². The lowest BCUT2D eigenvalue weighted by Crippen LogP contribution is -2.21. The summed E-state index contributed by atoms with van der Waals surface area (Å²) in [6.45, 7) is 7.27. The first-order valence-corrected chi connectivity index (χ1v) is 6.11. The van der Waals surface area contributed by atoms with Crippen molar-refractivity contribution < 1.29 is 0 Å². The fraction of sp³-hybridized carbons (Fsp3) is 0.571. The van der Waals surface area contributed by atoms with Crippen molar-refractivity contribution in [2.45, 2.75) is 39.2 Å². The SMILES string of the molecule is CC(C)c1ccc(C(N)C(C)CCN)cc1. The summed E-state index contributed by atoms with van der Waals surface area (Å²) in [7, 11) is 0. The summed E-state index contributed by atoms with van der Waals surface area (Å²) in [4.78, 5) is 0. The van der Waals surface area contributed by atoms with Crippen molar-refractivity contribution >= 4 is 0 Å². The molecule has 0 fully saturated rings. The van der Waals surface area contributed by atoms with E-state index in [-0.39, 0.29) is 6.04 Å². The van der Waals surface area contributed by atoms with Gasteiger partial charge in [0.15, 0.2) is 0 Å².